The van der Waals surface area contributed by atoms with Crippen LogP contribution >= 0.6 is 0 Å². The third-order valence-electron chi connectivity index (χ3n) is 1.39. The molecule has 0 unspecified atom stereocenters. The summed E-state index contributed by atoms with van der Waals surface area (Å²) < 4.78 is 0. The number of hydrazine groups is 1. The highest BCUT2D eigenvalue weighted by atomic mass is 16.2. The van der Waals surface area contributed by atoms with Gasteiger partial charge in [-0.2, -0.15) is 0 Å². The van der Waals surface area contributed by atoms with Gasteiger partial charge in [-0.1, -0.05) is 0 Å². The van der Waals surface area contributed by atoms with Gasteiger partial charge in [0.2, 0.25) is 0 Å². The maximum atomic E-state index is 10.5. The highest BCUT2D eigenvalue weighted by Crippen LogP contribution is 2.00. The van der Waals surface area contributed by atoms with Crippen molar-refractivity contribution in [3.63, 3.8) is 0 Å². The van der Waals surface area contributed by atoms with Crippen molar-refractivity contribution in [3.05, 3.63) is 5.08 Å². The predicted molar refractivity (Wildman–Crippen MR) is 36.1 cm³/mol. The smallest absolute Gasteiger partial charge is 0.345 e. The zero-order valence-corrected chi connectivity index (χ0v) is 5.90. The Balaban J connectivity index is 2.55. The van der Waals surface area contributed by atoms with Crippen LogP contribution in [0, 0.1) is 5.39 Å². The molecule has 0 aromatic heterocycles. The molecule has 1 saturated heterocycles. The monoisotopic (exact) mass is 157 g/mol. The van der Waals surface area contributed by atoms with Gasteiger partial charge < -0.3 is 11.1 Å². The van der Waals surface area contributed by atoms with Crippen molar-refractivity contribution in [2.75, 3.05) is 19.8 Å². The Morgan fingerprint density at radius 2 is 2.55 bits per heavy atom. The first-order valence-corrected chi connectivity index (χ1v) is 3.16. The molecule has 0 aromatic rings. The van der Waals surface area contributed by atoms with Crippen molar-refractivity contribution in [2.45, 2.75) is 0 Å². The molecule has 0 spiro atoms. The lowest BCUT2D eigenvalue weighted by atomic mass is 10.7. The molecule has 0 atom stereocenters. The molecule has 7 heteroatoms. The number of nitrogens with zero attached hydrogens (tertiary/aromatic N) is 4. The summed E-state index contributed by atoms with van der Waals surface area (Å²) in [7, 11) is 0. The SMILES string of the molecule is N#[N+]N(C(N)=O)N1CCNC1. The van der Waals surface area contributed by atoms with E-state index < -0.39 is 6.03 Å². The number of urea groups is 1. The summed E-state index contributed by atoms with van der Waals surface area (Å²) in [6.45, 7) is 1.82. The Labute approximate surface area is 63.3 Å². The van der Waals surface area contributed by atoms with Crippen molar-refractivity contribution >= 4 is 6.03 Å². The van der Waals surface area contributed by atoms with E-state index >= 15 is 0 Å². The second-order valence-electron chi connectivity index (χ2n) is 2.11. The lowest BCUT2D eigenvalue weighted by Gasteiger charge is -2.09. The summed E-state index contributed by atoms with van der Waals surface area (Å²) in [5, 5.41) is 16.2. The molecule has 0 aliphatic carbocycles. The van der Waals surface area contributed by atoms with Crippen molar-refractivity contribution in [1.29, 1.82) is 5.39 Å². The molecule has 1 rings (SSSR count). The highest BCUT2D eigenvalue weighted by Gasteiger charge is 2.31. The summed E-state index contributed by atoms with van der Waals surface area (Å²) in [5.74, 6) is 0. The van der Waals surface area contributed by atoms with E-state index in [2.05, 4.69) is 10.4 Å². The lowest BCUT2D eigenvalue weighted by Crippen LogP contribution is -2.43. The van der Waals surface area contributed by atoms with Gasteiger partial charge in [-0.15, -0.1) is 5.01 Å². The number of nitrogens with two attached hydrogens (primary N) is 1. The normalized spacial score (nSPS) is 17.7. The van der Waals surface area contributed by atoms with Crippen LogP contribution in [0.4, 0.5) is 4.79 Å². The van der Waals surface area contributed by atoms with Gasteiger partial charge in [0, 0.05) is 13.1 Å². The number of carbonyl (C=O) groups excluding carboxylic acids is 1. The number of primary amides is 1. The molecule has 60 valence electrons. The van der Waals surface area contributed by atoms with E-state index in [-0.39, 0.29) is 0 Å². The van der Waals surface area contributed by atoms with Crippen LogP contribution in [0.25, 0.3) is 5.08 Å². The molecular formula is C4H9N6O+. The molecule has 0 saturated carbocycles. The van der Waals surface area contributed by atoms with Gasteiger partial charge in [0.15, 0.2) is 0 Å². The Hall–Kier alpha value is -1.39. The molecule has 1 heterocycles. The minimum atomic E-state index is -0.795. The Kier molecular flexibility index (Phi) is 2.20. The van der Waals surface area contributed by atoms with Crippen LogP contribution in [0.15, 0.2) is 0 Å². The average molecular weight is 157 g/mol. The third kappa shape index (κ3) is 1.54. The zero-order valence-electron chi connectivity index (χ0n) is 5.90. The van der Waals surface area contributed by atoms with E-state index in [0.717, 1.165) is 11.7 Å². The minimum Gasteiger partial charge on any atom is -0.345 e. The number of carbonyl (C=O) groups is 1. The van der Waals surface area contributed by atoms with E-state index in [4.69, 9.17) is 11.1 Å². The zero-order chi connectivity index (χ0) is 8.27. The quantitative estimate of drug-likeness (QED) is 0.374. The Morgan fingerprint density at radius 1 is 1.82 bits per heavy atom. The number of hydrogen-bond acceptors (Lipinski definition) is 4. The first kappa shape index (κ1) is 7.71. The van der Waals surface area contributed by atoms with Gasteiger partial charge in [-0.25, -0.2) is 4.79 Å². The first-order valence-electron chi connectivity index (χ1n) is 3.16. The summed E-state index contributed by atoms with van der Waals surface area (Å²) in [6.07, 6.45) is 0. The fraction of sp³-hybridized carbons (Fsp3) is 0.750. The van der Waals surface area contributed by atoms with Crippen LogP contribution in [0.5, 0.6) is 0 Å². The number of hydrogen-bond donors (Lipinski definition) is 2. The second kappa shape index (κ2) is 3.14. The van der Waals surface area contributed by atoms with Crippen LogP contribution in [-0.2, 0) is 0 Å². The van der Waals surface area contributed by atoms with E-state index in [1.165, 1.54) is 5.01 Å². The molecule has 1 aliphatic rings. The maximum absolute atomic E-state index is 10.5. The number of diazo groups is 1. The molecule has 0 bridgehead atoms. The minimum absolute atomic E-state index is 0.465. The van der Waals surface area contributed by atoms with Crippen LogP contribution in [-0.4, -0.2) is 35.9 Å². The van der Waals surface area contributed by atoms with Crippen LogP contribution in [0.1, 0.15) is 0 Å². The van der Waals surface area contributed by atoms with Gasteiger partial charge in [0.05, 0.1) is 6.67 Å². The van der Waals surface area contributed by atoms with Crippen LogP contribution in [0.2, 0.25) is 0 Å². The number of nitrogens with one attached hydrogen (secondary N) is 1. The maximum Gasteiger partial charge on any atom is 0.408 e. The van der Waals surface area contributed by atoms with Gasteiger partial charge in [0.25, 0.3) is 5.39 Å². The van der Waals surface area contributed by atoms with E-state index in [1.54, 1.807) is 0 Å². The molecule has 1 aliphatic heterocycles. The van der Waals surface area contributed by atoms with E-state index in [1.807, 2.05) is 0 Å². The largest absolute Gasteiger partial charge is 0.408 e. The molecular weight excluding hydrogens is 148 g/mol. The van der Waals surface area contributed by atoms with Gasteiger partial charge in [-0.3, -0.25) is 0 Å². The fourth-order valence-electron chi connectivity index (χ4n) is 0.897. The third-order valence-corrected chi connectivity index (χ3v) is 1.39. The topological polar surface area (TPSA) is 89.7 Å². The van der Waals surface area contributed by atoms with Crippen molar-refractivity contribution in [3.8, 4) is 0 Å². The average Bonchev–Trinajstić information content (AvgIpc) is 2.40. The fourth-order valence-corrected chi connectivity index (χ4v) is 0.897. The Morgan fingerprint density at radius 3 is 2.91 bits per heavy atom. The lowest BCUT2D eigenvalue weighted by molar-refractivity contribution is 0.0784. The summed E-state index contributed by atoms with van der Waals surface area (Å²) in [6, 6.07) is -0.795. The molecule has 0 aromatic carbocycles. The molecule has 7 nitrogen and oxygen atoms in total. The van der Waals surface area contributed by atoms with Crippen molar-refractivity contribution in [2.24, 2.45) is 5.73 Å². The van der Waals surface area contributed by atoms with E-state index in [0.29, 0.717) is 13.2 Å². The molecule has 0 radical (unpaired) electrons. The van der Waals surface area contributed by atoms with Crippen molar-refractivity contribution < 1.29 is 4.79 Å². The molecule has 11 heavy (non-hydrogen) atoms. The second-order valence-corrected chi connectivity index (χ2v) is 2.11. The number of amides is 2. The summed E-state index contributed by atoms with van der Waals surface area (Å²) in [5.41, 5.74) is 4.89. The highest BCUT2D eigenvalue weighted by molar-refractivity contribution is 5.71. The standard InChI is InChI=1S/C4H8N6O/c5-4(11)10(8-6)9-2-1-7-3-9/h7H,1-3H2,(H-,5,11)/p+1. The van der Waals surface area contributed by atoms with Crippen LogP contribution in [0.3, 0.4) is 0 Å². The molecule has 1 fully saturated rings. The van der Waals surface area contributed by atoms with Crippen LogP contribution < -0.4 is 11.1 Å². The van der Waals surface area contributed by atoms with E-state index in [9.17, 15) is 4.79 Å². The molecule has 3 N–H and O–H groups in total. The number of rotatable bonds is 1. The first-order chi connectivity index (χ1) is 5.25. The predicted octanol–water partition coefficient (Wildman–Crippen LogP) is -1.09. The van der Waals surface area contributed by atoms with Gasteiger partial charge in [0.1, 0.15) is 5.12 Å². The molecule has 2 amide bonds. The van der Waals surface area contributed by atoms with Gasteiger partial charge >= 0.3 is 11.1 Å². The van der Waals surface area contributed by atoms with Crippen molar-refractivity contribution in [1.82, 2.24) is 15.4 Å². The summed E-state index contributed by atoms with van der Waals surface area (Å²) >= 11 is 0. The summed E-state index contributed by atoms with van der Waals surface area (Å²) in [4.78, 5) is 10.5. The Bertz CT molecular complexity index is 191. The van der Waals surface area contributed by atoms with Gasteiger partial charge in [-0.05, 0) is 0 Å².